The van der Waals surface area contributed by atoms with Crippen LogP contribution in [0.2, 0.25) is 0 Å². The van der Waals surface area contributed by atoms with Crippen molar-refractivity contribution in [3.8, 4) is 0 Å². The van der Waals surface area contributed by atoms with E-state index in [-0.39, 0.29) is 11.1 Å². The molecule has 8 heteroatoms. The van der Waals surface area contributed by atoms with Crippen molar-refractivity contribution in [1.29, 1.82) is 0 Å². The van der Waals surface area contributed by atoms with Crippen molar-refractivity contribution in [2.75, 3.05) is 0 Å². The van der Waals surface area contributed by atoms with Crippen LogP contribution in [-0.2, 0) is 11.3 Å². The van der Waals surface area contributed by atoms with Gasteiger partial charge in [0.05, 0.1) is 11.2 Å². The number of pyridine rings is 1. The van der Waals surface area contributed by atoms with E-state index in [9.17, 15) is 4.79 Å². The second kappa shape index (κ2) is 5.77. The van der Waals surface area contributed by atoms with Crippen LogP contribution in [0.15, 0.2) is 34.3 Å². The standard InChI is InChI=1S/C15H18N6OS/c1-10-5-6-20-12(7-10)16-11(8-13(20)22)9-23-14-17-18-19-21(14)15(2,3)4/h5-8H,9H2,1-4H3. The largest absolute Gasteiger partial charge is 0.269 e. The van der Waals surface area contributed by atoms with Gasteiger partial charge in [0.1, 0.15) is 5.65 Å². The molecule has 7 nitrogen and oxygen atoms in total. The third-order valence-corrected chi connectivity index (χ3v) is 4.25. The summed E-state index contributed by atoms with van der Waals surface area (Å²) in [7, 11) is 0. The Bertz CT molecular complexity index is 908. The lowest BCUT2D eigenvalue weighted by Gasteiger charge is -2.19. The van der Waals surface area contributed by atoms with Crippen molar-refractivity contribution in [2.24, 2.45) is 0 Å². The molecule has 23 heavy (non-hydrogen) atoms. The zero-order valence-electron chi connectivity index (χ0n) is 13.5. The molecule has 0 spiro atoms. The van der Waals surface area contributed by atoms with Gasteiger partial charge in [-0.1, -0.05) is 11.8 Å². The van der Waals surface area contributed by atoms with E-state index >= 15 is 0 Å². The maximum atomic E-state index is 12.2. The van der Waals surface area contributed by atoms with Crippen molar-refractivity contribution in [3.05, 3.63) is 46.0 Å². The van der Waals surface area contributed by atoms with Gasteiger partial charge in [0, 0.05) is 18.0 Å². The second-order valence-electron chi connectivity index (χ2n) is 6.35. The summed E-state index contributed by atoms with van der Waals surface area (Å²) in [4.78, 5) is 16.7. The van der Waals surface area contributed by atoms with E-state index in [1.54, 1.807) is 21.3 Å². The average Bonchev–Trinajstić information content (AvgIpc) is 2.93. The van der Waals surface area contributed by atoms with Crippen molar-refractivity contribution < 1.29 is 0 Å². The number of thioether (sulfide) groups is 1. The molecule has 0 aliphatic carbocycles. The Balaban J connectivity index is 1.88. The molecule has 0 saturated heterocycles. The predicted octanol–water partition coefficient (Wildman–Crippen LogP) is 2.04. The molecule has 0 bridgehead atoms. The number of tetrazole rings is 1. The molecular formula is C15H18N6OS. The molecule has 3 heterocycles. The van der Waals surface area contributed by atoms with Gasteiger partial charge >= 0.3 is 0 Å². The zero-order chi connectivity index (χ0) is 16.6. The van der Waals surface area contributed by atoms with Gasteiger partial charge in [-0.15, -0.1) is 5.10 Å². The monoisotopic (exact) mass is 330 g/mol. The Labute approximate surface area is 137 Å². The van der Waals surface area contributed by atoms with E-state index < -0.39 is 0 Å². The predicted molar refractivity (Wildman–Crippen MR) is 88.6 cm³/mol. The van der Waals surface area contributed by atoms with Crippen molar-refractivity contribution in [2.45, 2.75) is 44.1 Å². The normalized spacial score (nSPS) is 12.0. The summed E-state index contributed by atoms with van der Waals surface area (Å²) >= 11 is 1.47. The average molecular weight is 330 g/mol. The lowest BCUT2D eigenvalue weighted by atomic mass is 10.1. The Hall–Kier alpha value is -2.22. The molecule has 3 aromatic heterocycles. The molecule has 120 valence electrons. The van der Waals surface area contributed by atoms with Gasteiger partial charge in [-0.3, -0.25) is 9.20 Å². The third kappa shape index (κ3) is 3.26. The molecule has 0 aromatic carbocycles. The minimum absolute atomic E-state index is 0.0824. The van der Waals surface area contributed by atoms with Crippen LogP contribution >= 0.6 is 11.8 Å². The van der Waals surface area contributed by atoms with Gasteiger partial charge in [0.25, 0.3) is 5.56 Å². The highest BCUT2D eigenvalue weighted by Crippen LogP contribution is 2.23. The SMILES string of the molecule is Cc1ccn2c(=O)cc(CSc3nnnn3C(C)(C)C)nc2c1. The molecule has 0 saturated carbocycles. The van der Waals surface area contributed by atoms with Crippen LogP contribution in [0.25, 0.3) is 5.65 Å². The Kier molecular flexibility index (Phi) is 3.93. The fraction of sp³-hybridized carbons (Fsp3) is 0.400. The minimum atomic E-state index is -0.195. The number of aromatic nitrogens is 6. The zero-order valence-corrected chi connectivity index (χ0v) is 14.3. The lowest BCUT2D eigenvalue weighted by molar-refractivity contribution is 0.321. The van der Waals surface area contributed by atoms with E-state index in [4.69, 9.17) is 0 Å². The quantitative estimate of drug-likeness (QED) is 0.684. The molecule has 3 rings (SSSR count). The van der Waals surface area contributed by atoms with Gasteiger partial charge in [-0.2, -0.15) is 0 Å². The highest BCUT2D eigenvalue weighted by Gasteiger charge is 2.20. The first-order chi connectivity index (χ1) is 10.8. The molecule has 0 aliphatic rings. The molecule has 0 radical (unpaired) electrons. The number of hydrogen-bond acceptors (Lipinski definition) is 6. The van der Waals surface area contributed by atoms with Crippen LogP contribution < -0.4 is 5.56 Å². The highest BCUT2D eigenvalue weighted by atomic mass is 32.2. The maximum absolute atomic E-state index is 12.2. The smallest absolute Gasteiger partial charge is 0.258 e. The van der Waals surface area contributed by atoms with Crippen molar-refractivity contribution in [1.82, 2.24) is 29.6 Å². The maximum Gasteiger partial charge on any atom is 0.258 e. The highest BCUT2D eigenvalue weighted by molar-refractivity contribution is 7.98. The summed E-state index contributed by atoms with van der Waals surface area (Å²) in [6.07, 6.45) is 1.75. The molecule has 0 aliphatic heterocycles. The number of aryl methyl sites for hydroxylation is 1. The summed E-state index contributed by atoms with van der Waals surface area (Å²) in [5.74, 6) is 0.538. The Morgan fingerprint density at radius 1 is 1.26 bits per heavy atom. The van der Waals surface area contributed by atoms with Crippen molar-refractivity contribution in [3.63, 3.8) is 0 Å². The first-order valence-electron chi connectivity index (χ1n) is 7.25. The molecular weight excluding hydrogens is 312 g/mol. The van der Waals surface area contributed by atoms with Crippen LogP contribution in [-0.4, -0.2) is 29.6 Å². The van der Waals surface area contributed by atoms with Crippen LogP contribution in [0.4, 0.5) is 0 Å². The molecule has 3 aromatic rings. The lowest BCUT2D eigenvalue weighted by Crippen LogP contribution is -2.24. The minimum Gasteiger partial charge on any atom is -0.269 e. The molecule has 0 fully saturated rings. The summed E-state index contributed by atoms with van der Waals surface area (Å²) in [6, 6.07) is 5.34. The van der Waals surface area contributed by atoms with E-state index in [0.717, 1.165) is 5.56 Å². The summed E-state index contributed by atoms with van der Waals surface area (Å²) < 4.78 is 3.32. The Morgan fingerprint density at radius 2 is 2.04 bits per heavy atom. The fourth-order valence-electron chi connectivity index (χ4n) is 2.16. The van der Waals surface area contributed by atoms with Crippen molar-refractivity contribution >= 4 is 17.4 Å². The van der Waals surface area contributed by atoms with E-state index in [0.29, 0.717) is 22.3 Å². The first-order valence-corrected chi connectivity index (χ1v) is 8.24. The molecule has 0 unspecified atom stereocenters. The van der Waals surface area contributed by atoms with Gasteiger partial charge in [0.2, 0.25) is 5.16 Å². The number of rotatable bonds is 3. The van der Waals surface area contributed by atoms with E-state index in [1.165, 1.54) is 11.8 Å². The molecule has 0 atom stereocenters. The summed E-state index contributed by atoms with van der Waals surface area (Å²) in [5.41, 5.74) is 2.16. The van der Waals surface area contributed by atoms with Crippen LogP contribution in [0, 0.1) is 6.92 Å². The number of fused-ring (bicyclic) bond motifs is 1. The fourth-order valence-corrected chi connectivity index (χ4v) is 3.11. The summed E-state index contributed by atoms with van der Waals surface area (Å²) in [6.45, 7) is 8.09. The topological polar surface area (TPSA) is 78.0 Å². The number of nitrogens with zero attached hydrogens (tertiary/aromatic N) is 6. The van der Waals surface area contributed by atoms with E-state index in [2.05, 4.69) is 20.5 Å². The van der Waals surface area contributed by atoms with Gasteiger partial charge < -0.3 is 0 Å². The Morgan fingerprint density at radius 3 is 2.78 bits per heavy atom. The molecule has 0 amide bonds. The van der Waals surface area contributed by atoms with Crippen LogP contribution in [0.5, 0.6) is 0 Å². The molecule has 0 N–H and O–H groups in total. The van der Waals surface area contributed by atoms with E-state index in [1.807, 2.05) is 39.8 Å². The summed E-state index contributed by atoms with van der Waals surface area (Å²) in [5, 5.41) is 12.5. The first kappa shape index (κ1) is 15.7. The second-order valence-corrected chi connectivity index (χ2v) is 7.29. The third-order valence-electron chi connectivity index (χ3n) is 3.30. The van der Waals surface area contributed by atoms with Gasteiger partial charge in [-0.05, 0) is 55.8 Å². The van der Waals surface area contributed by atoms with Gasteiger partial charge in [0.15, 0.2) is 0 Å². The van der Waals surface area contributed by atoms with Crippen LogP contribution in [0.1, 0.15) is 32.0 Å². The van der Waals surface area contributed by atoms with Gasteiger partial charge in [-0.25, -0.2) is 9.67 Å². The van der Waals surface area contributed by atoms with Crippen LogP contribution in [0.3, 0.4) is 0 Å². The number of hydrogen-bond donors (Lipinski definition) is 0.